The first-order valence-electron chi connectivity index (χ1n) is 5.95. The molecule has 1 heterocycles. The first kappa shape index (κ1) is 11.6. The molecule has 2 rings (SSSR count). The molecule has 0 amide bonds. The molecule has 1 aromatic carbocycles. The van der Waals surface area contributed by atoms with Crippen LogP contribution in [0.1, 0.15) is 36.5 Å². The van der Waals surface area contributed by atoms with Crippen LogP contribution < -0.4 is 0 Å². The molecular formula is C14H16N2O. The van der Waals surface area contributed by atoms with Crippen LogP contribution in [0.4, 0.5) is 0 Å². The van der Waals surface area contributed by atoms with E-state index in [-0.39, 0.29) is 5.78 Å². The third-order valence-electron chi connectivity index (χ3n) is 2.71. The molecule has 3 heteroatoms. The zero-order chi connectivity index (χ0) is 12.1. The lowest BCUT2D eigenvalue weighted by Gasteiger charge is -2.08. The summed E-state index contributed by atoms with van der Waals surface area (Å²) in [6.45, 7) is 2.09. The Morgan fingerprint density at radius 1 is 1.29 bits per heavy atom. The summed E-state index contributed by atoms with van der Waals surface area (Å²) in [5.41, 5.74) is 1.61. The second-order valence-electron chi connectivity index (χ2n) is 3.99. The lowest BCUT2D eigenvalue weighted by atomic mass is 10.0. The lowest BCUT2D eigenvalue weighted by Crippen LogP contribution is -2.06. The molecule has 0 saturated carbocycles. The number of rotatable bonds is 5. The minimum atomic E-state index is 0.193. The van der Waals surface area contributed by atoms with Crippen molar-refractivity contribution in [3.05, 3.63) is 48.3 Å². The van der Waals surface area contributed by atoms with E-state index in [9.17, 15) is 4.79 Å². The summed E-state index contributed by atoms with van der Waals surface area (Å²) in [6.07, 6.45) is 6.15. The number of hydrogen-bond acceptors (Lipinski definition) is 2. The molecule has 0 aliphatic rings. The molecule has 0 spiro atoms. The molecular weight excluding hydrogens is 212 g/mol. The molecule has 88 valence electrons. The molecule has 0 fully saturated rings. The maximum atomic E-state index is 12.1. The van der Waals surface area contributed by atoms with Crippen LogP contribution in [0, 0.1) is 0 Å². The molecule has 2 aromatic rings. The van der Waals surface area contributed by atoms with Crippen molar-refractivity contribution in [3.63, 3.8) is 0 Å². The second kappa shape index (κ2) is 5.43. The first-order valence-corrected chi connectivity index (χ1v) is 5.95. The van der Waals surface area contributed by atoms with Gasteiger partial charge in [-0.25, -0.2) is 4.68 Å². The summed E-state index contributed by atoms with van der Waals surface area (Å²) < 4.78 is 1.74. The van der Waals surface area contributed by atoms with Crippen LogP contribution in [0.25, 0.3) is 5.69 Å². The highest BCUT2D eigenvalue weighted by atomic mass is 16.1. The topological polar surface area (TPSA) is 34.9 Å². The van der Waals surface area contributed by atoms with E-state index >= 15 is 0 Å². The summed E-state index contributed by atoms with van der Waals surface area (Å²) in [5.74, 6) is 0.193. The average molecular weight is 228 g/mol. The van der Waals surface area contributed by atoms with Gasteiger partial charge in [-0.05, 0) is 24.6 Å². The predicted molar refractivity (Wildman–Crippen MR) is 67.4 cm³/mol. The van der Waals surface area contributed by atoms with Crippen molar-refractivity contribution in [2.45, 2.75) is 26.2 Å². The highest BCUT2D eigenvalue weighted by Gasteiger charge is 2.11. The van der Waals surface area contributed by atoms with Crippen LogP contribution in [0.2, 0.25) is 0 Å². The normalized spacial score (nSPS) is 10.4. The molecule has 0 unspecified atom stereocenters. The van der Waals surface area contributed by atoms with E-state index in [4.69, 9.17) is 0 Å². The van der Waals surface area contributed by atoms with E-state index in [0.29, 0.717) is 6.42 Å². The molecule has 0 aliphatic carbocycles. The Bertz CT molecular complexity index is 489. The number of aromatic nitrogens is 2. The summed E-state index contributed by atoms with van der Waals surface area (Å²) in [7, 11) is 0. The fourth-order valence-corrected chi connectivity index (χ4v) is 1.79. The number of para-hydroxylation sites is 1. The Labute approximate surface area is 101 Å². The average Bonchev–Trinajstić information content (AvgIpc) is 2.89. The molecule has 17 heavy (non-hydrogen) atoms. The number of Topliss-reactive ketones (excluding diaryl/α,β-unsaturated/α-hetero) is 1. The Kier molecular flexibility index (Phi) is 3.70. The van der Waals surface area contributed by atoms with Crippen LogP contribution >= 0.6 is 0 Å². The number of nitrogens with zero attached hydrogens (tertiary/aromatic N) is 2. The van der Waals surface area contributed by atoms with E-state index in [1.807, 2.05) is 36.5 Å². The minimum absolute atomic E-state index is 0.193. The Balaban J connectivity index is 2.31. The van der Waals surface area contributed by atoms with Gasteiger partial charge in [0.05, 0.1) is 5.69 Å². The molecule has 0 bridgehead atoms. The summed E-state index contributed by atoms with van der Waals surface area (Å²) in [5, 5.41) is 4.17. The summed E-state index contributed by atoms with van der Waals surface area (Å²) in [6, 6.07) is 9.47. The number of hydrogen-bond donors (Lipinski definition) is 0. The summed E-state index contributed by atoms with van der Waals surface area (Å²) >= 11 is 0. The van der Waals surface area contributed by atoms with Gasteiger partial charge in [0.15, 0.2) is 5.78 Å². The van der Waals surface area contributed by atoms with Crippen molar-refractivity contribution in [2.75, 3.05) is 0 Å². The predicted octanol–water partition coefficient (Wildman–Crippen LogP) is 3.25. The molecule has 0 saturated heterocycles. The van der Waals surface area contributed by atoms with E-state index in [0.717, 1.165) is 24.1 Å². The van der Waals surface area contributed by atoms with Crippen molar-refractivity contribution in [3.8, 4) is 5.69 Å². The van der Waals surface area contributed by atoms with E-state index in [2.05, 4.69) is 12.0 Å². The van der Waals surface area contributed by atoms with E-state index < -0.39 is 0 Å². The number of unbranched alkanes of at least 4 members (excludes halogenated alkanes) is 1. The van der Waals surface area contributed by atoms with E-state index in [1.165, 1.54) is 0 Å². The Morgan fingerprint density at radius 2 is 2.12 bits per heavy atom. The van der Waals surface area contributed by atoms with Crippen molar-refractivity contribution < 1.29 is 4.79 Å². The smallest absolute Gasteiger partial charge is 0.165 e. The Hall–Kier alpha value is -1.90. The second-order valence-corrected chi connectivity index (χ2v) is 3.99. The fraction of sp³-hybridized carbons (Fsp3) is 0.286. The van der Waals surface area contributed by atoms with Gasteiger partial charge < -0.3 is 0 Å². The van der Waals surface area contributed by atoms with Crippen molar-refractivity contribution in [1.82, 2.24) is 9.78 Å². The standard InChI is InChI=1S/C14H16N2O/c1-2-3-9-14(17)12-7-4-5-8-13(12)16-11-6-10-15-16/h4-8,10-11H,2-3,9H2,1H3. The van der Waals surface area contributed by atoms with Crippen molar-refractivity contribution in [2.24, 2.45) is 0 Å². The molecule has 0 radical (unpaired) electrons. The van der Waals surface area contributed by atoms with Crippen LogP contribution in [-0.4, -0.2) is 15.6 Å². The molecule has 0 aliphatic heterocycles. The van der Waals surface area contributed by atoms with Crippen LogP contribution in [-0.2, 0) is 0 Å². The molecule has 1 aromatic heterocycles. The molecule has 0 atom stereocenters. The summed E-state index contributed by atoms with van der Waals surface area (Å²) in [4.78, 5) is 12.1. The largest absolute Gasteiger partial charge is 0.294 e. The van der Waals surface area contributed by atoms with E-state index in [1.54, 1.807) is 10.9 Å². The van der Waals surface area contributed by atoms with Gasteiger partial charge in [0, 0.05) is 24.4 Å². The number of carbonyl (C=O) groups is 1. The minimum Gasteiger partial charge on any atom is -0.294 e. The zero-order valence-electron chi connectivity index (χ0n) is 9.97. The van der Waals surface area contributed by atoms with Crippen LogP contribution in [0.5, 0.6) is 0 Å². The Morgan fingerprint density at radius 3 is 2.82 bits per heavy atom. The highest BCUT2D eigenvalue weighted by Crippen LogP contribution is 2.16. The first-order chi connectivity index (χ1) is 8.33. The number of benzene rings is 1. The van der Waals surface area contributed by atoms with Gasteiger partial charge in [-0.2, -0.15) is 5.10 Å². The zero-order valence-corrected chi connectivity index (χ0v) is 9.97. The van der Waals surface area contributed by atoms with Gasteiger partial charge in [-0.15, -0.1) is 0 Å². The maximum Gasteiger partial charge on any atom is 0.165 e. The lowest BCUT2D eigenvalue weighted by molar-refractivity contribution is 0.0979. The third-order valence-corrected chi connectivity index (χ3v) is 2.71. The SMILES string of the molecule is CCCCC(=O)c1ccccc1-n1cccn1. The third kappa shape index (κ3) is 2.61. The van der Waals surface area contributed by atoms with Crippen LogP contribution in [0.3, 0.4) is 0 Å². The fourth-order valence-electron chi connectivity index (χ4n) is 1.79. The van der Waals surface area contributed by atoms with Gasteiger partial charge in [-0.1, -0.05) is 25.5 Å². The van der Waals surface area contributed by atoms with Crippen molar-refractivity contribution >= 4 is 5.78 Å². The maximum absolute atomic E-state index is 12.1. The molecule has 3 nitrogen and oxygen atoms in total. The van der Waals surface area contributed by atoms with Gasteiger partial charge >= 0.3 is 0 Å². The number of ketones is 1. The van der Waals surface area contributed by atoms with Gasteiger partial charge in [-0.3, -0.25) is 4.79 Å². The van der Waals surface area contributed by atoms with Crippen molar-refractivity contribution in [1.29, 1.82) is 0 Å². The quantitative estimate of drug-likeness (QED) is 0.736. The van der Waals surface area contributed by atoms with Gasteiger partial charge in [0.1, 0.15) is 0 Å². The van der Waals surface area contributed by atoms with Gasteiger partial charge in [0.2, 0.25) is 0 Å². The molecule has 0 N–H and O–H groups in total. The number of carbonyl (C=O) groups excluding carboxylic acids is 1. The highest BCUT2D eigenvalue weighted by molar-refractivity contribution is 5.99. The monoisotopic (exact) mass is 228 g/mol. The van der Waals surface area contributed by atoms with Crippen LogP contribution in [0.15, 0.2) is 42.7 Å². The van der Waals surface area contributed by atoms with Gasteiger partial charge in [0.25, 0.3) is 0 Å².